The lowest BCUT2D eigenvalue weighted by Gasteiger charge is -1.99. The van der Waals surface area contributed by atoms with E-state index in [4.69, 9.17) is 5.73 Å². The van der Waals surface area contributed by atoms with Crippen LogP contribution in [0.2, 0.25) is 0 Å². The second kappa shape index (κ2) is 4.09. The monoisotopic (exact) mass is 238 g/mol. The van der Waals surface area contributed by atoms with Crippen molar-refractivity contribution in [1.29, 1.82) is 0 Å². The third-order valence-electron chi connectivity index (χ3n) is 2.23. The number of hydrogen-bond donors (Lipinski definition) is 2. The summed E-state index contributed by atoms with van der Waals surface area (Å²) in [4.78, 5) is 12.1. The highest BCUT2D eigenvalue weighted by atomic mass is 32.1. The van der Waals surface area contributed by atoms with E-state index in [0.717, 1.165) is 4.70 Å². The summed E-state index contributed by atoms with van der Waals surface area (Å²) in [6.45, 7) is 2.38. The first-order chi connectivity index (χ1) is 7.63. The topological polar surface area (TPSA) is 55.1 Å². The van der Waals surface area contributed by atoms with E-state index in [0.29, 0.717) is 22.5 Å². The van der Waals surface area contributed by atoms with Crippen molar-refractivity contribution in [3.8, 4) is 0 Å². The van der Waals surface area contributed by atoms with E-state index in [-0.39, 0.29) is 11.7 Å². The summed E-state index contributed by atoms with van der Waals surface area (Å²) in [7, 11) is 0. The Labute approximate surface area is 96.1 Å². The third-order valence-corrected chi connectivity index (χ3v) is 3.42. The van der Waals surface area contributed by atoms with Crippen molar-refractivity contribution in [2.75, 3.05) is 12.3 Å². The molecule has 0 saturated heterocycles. The summed E-state index contributed by atoms with van der Waals surface area (Å²) in [5, 5.41) is 3.28. The van der Waals surface area contributed by atoms with Gasteiger partial charge in [0.25, 0.3) is 5.91 Å². The number of nitrogens with one attached hydrogen (secondary N) is 1. The molecule has 1 amide bonds. The quantitative estimate of drug-likeness (QED) is 0.844. The molecule has 2 rings (SSSR count). The molecule has 0 fully saturated rings. The fraction of sp³-hybridized carbons (Fsp3) is 0.182. The Morgan fingerprint density at radius 2 is 2.31 bits per heavy atom. The molecular formula is C11H11FN2OS. The third kappa shape index (κ3) is 1.74. The Hall–Kier alpha value is -1.62. The second-order valence-electron chi connectivity index (χ2n) is 3.34. The molecule has 84 valence electrons. The minimum absolute atomic E-state index is 0.207. The van der Waals surface area contributed by atoms with Gasteiger partial charge in [-0.2, -0.15) is 0 Å². The van der Waals surface area contributed by atoms with Crippen LogP contribution < -0.4 is 11.1 Å². The Bertz CT molecular complexity index is 550. The number of fused-ring (bicyclic) bond motifs is 1. The Kier molecular flexibility index (Phi) is 2.78. The molecule has 0 spiro atoms. The fourth-order valence-electron chi connectivity index (χ4n) is 1.50. The van der Waals surface area contributed by atoms with E-state index in [1.165, 1.54) is 23.5 Å². The highest BCUT2D eigenvalue weighted by Crippen LogP contribution is 2.33. The van der Waals surface area contributed by atoms with Gasteiger partial charge in [0.15, 0.2) is 0 Å². The maximum atomic E-state index is 13.0. The predicted molar refractivity (Wildman–Crippen MR) is 64.2 cm³/mol. The molecule has 16 heavy (non-hydrogen) atoms. The lowest BCUT2D eigenvalue weighted by Crippen LogP contribution is -2.22. The lowest BCUT2D eigenvalue weighted by atomic mass is 10.2. The summed E-state index contributed by atoms with van der Waals surface area (Å²) >= 11 is 1.28. The fourth-order valence-corrected chi connectivity index (χ4v) is 2.52. The van der Waals surface area contributed by atoms with Crippen LogP contribution in [-0.4, -0.2) is 12.5 Å². The summed E-state index contributed by atoms with van der Waals surface area (Å²) in [6, 6.07) is 4.35. The number of carbonyl (C=O) groups excluding carboxylic acids is 1. The molecule has 0 aliphatic carbocycles. The van der Waals surface area contributed by atoms with Gasteiger partial charge in [0.1, 0.15) is 10.7 Å². The predicted octanol–water partition coefficient (Wildman–Crippen LogP) is 2.37. The Morgan fingerprint density at radius 3 is 3.00 bits per heavy atom. The van der Waals surface area contributed by atoms with Crippen molar-refractivity contribution in [3.05, 3.63) is 28.9 Å². The molecule has 0 bridgehead atoms. The van der Waals surface area contributed by atoms with Crippen LogP contribution >= 0.6 is 11.3 Å². The van der Waals surface area contributed by atoms with E-state index >= 15 is 0 Å². The molecule has 0 radical (unpaired) electrons. The molecular weight excluding hydrogens is 227 g/mol. The largest absolute Gasteiger partial charge is 0.397 e. The second-order valence-corrected chi connectivity index (χ2v) is 4.40. The number of amides is 1. The van der Waals surface area contributed by atoms with Crippen LogP contribution in [0.15, 0.2) is 18.2 Å². The highest BCUT2D eigenvalue weighted by Gasteiger charge is 2.15. The zero-order chi connectivity index (χ0) is 11.7. The van der Waals surface area contributed by atoms with E-state index < -0.39 is 0 Å². The number of benzene rings is 1. The van der Waals surface area contributed by atoms with E-state index in [1.807, 2.05) is 6.92 Å². The van der Waals surface area contributed by atoms with Crippen LogP contribution in [0.1, 0.15) is 16.6 Å². The standard InChI is InChI=1S/C11H11FN2OS/c1-2-14-11(15)10-9(13)7-5-6(12)3-4-8(7)16-10/h3-5H,2,13H2,1H3,(H,14,15). The van der Waals surface area contributed by atoms with Crippen LogP contribution in [0.25, 0.3) is 10.1 Å². The molecule has 0 aliphatic rings. The number of thiophene rings is 1. The number of carbonyl (C=O) groups is 1. The first-order valence-electron chi connectivity index (χ1n) is 4.89. The molecule has 1 heterocycles. The average molecular weight is 238 g/mol. The van der Waals surface area contributed by atoms with E-state index in [2.05, 4.69) is 5.32 Å². The Morgan fingerprint density at radius 1 is 1.56 bits per heavy atom. The van der Waals surface area contributed by atoms with Gasteiger partial charge in [-0.05, 0) is 25.1 Å². The lowest BCUT2D eigenvalue weighted by molar-refractivity contribution is 0.0960. The molecule has 2 aromatic rings. The maximum Gasteiger partial charge on any atom is 0.263 e. The minimum Gasteiger partial charge on any atom is -0.397 e. The van der Waals surface area contributed by atoms with E-state index in [9.17, 15) is 9.18 Å². The zero-order valence-corrected chi connectivity index (χ0v) is 9.53. The first kappa shape index (κ1) is 10.9. The number of nitrogens with two attached hydrogens (primary N) is 1. The SMILES string of the molecule is CCNC(=O)c1sc2ccc(F)cc2c1N. The van der Waals surface area contributed by atoms with Crippen molar-refractivity contribution < 1.29 is 9.18 Å². The van der Waals surface area contributed by atoms with Crippen LogP contribution in [-0.2, 0) is 0 Å². The summed E-state index contributed by atoms with van der Waals surface area (Å²) in [5.74, 6) is -0.555. The van der Waals surface area contributed by atoms with Crippen molar-refractivity contribution in [2.45, 2.75) is 6.92 Å². The molecule has 1 aromatic carbocycles. The number of rotatable bonds is 2. The van der Waals surface area contributed by atoms with Gasteiger partial charge in [0.2, 0.25) is 0 Å². The summed E-state index contributed by atoms with van der Waals surface area (Å²) in [6.07, 6.45) is 0. The van der Waals surface area contributed by atoms with Crippen molar-refractivity contribution in [2.24, 2.45) is 0 Å². The van der Waals surface area contributed by atoms with Crippen molar-refractivity contribution >= 4 is 33.0 Å². The molecule has 3 nitrogen and oxygen atoms in total. The van der Waals surface area contributed by atoms with Gasteiger partial charge < -0.3 is 11.1 Å². The minimum atomic E-state index is -0.348. The van der Waals surface area contributed by atoms with Gasteiger partial charge in [-0.3, -0.25) is 4.79 Å². The van der Waals surface area contributed by atoms with E-state index in [1.54, 1.807) is 6.07 Å². The van der Waals surface area contributed by atoms with Crippen LogP contribution in [0.5, 0.6) is 0 Å². The van der Waals surface area contributed by atoms with Crippen LogP contribution in [0, 0.1) is 5.82 Å². The number of hydrogen-bond acceptors (Lipinski definition) is 3. The maximum absolute atomic E-state index is 13.0. The highest BCUT2D eigenvalue weighted by molar-refractivity contribution is 7.21. The molecule has 0 unspecified atom stereocenters. The smallest absolute Gasteiger partial charge is 0.263 e. The molecule has 5 heteroatoms. The van der Waals surface area contributed by atoms with Crippen molar-refractivity contribution in [1.82, 2.24) is 5.32 Å². The van der Waals surface area contributed by atoms with Crippen LogP contribution in [0.4, 0.5) is 10.1 Å². The summed E-state index contributed by atoms with van der Waals surface area (Å²) < 4.78 is 13.8. The average Bonchev–Trinajstić information content (AvgIpc) is 2.57. The van der Waals surface area contributed by atoms with Crippen molar-refractivity contribution in [3.63, 3.8) is 0 Å². The van der Waals surface area contributed by atoms with Gasteiger partial charge in [-0.25, -0.2) is 4.39 Å². The summed E-state index contributed by atoms with van der Waals surface area (Å²) in [5.41, 5.74) is 6.17. The molecule has 0 saturated carbocycles. The molecule has 3 N–H and O–H groups in total. The van der Waals surface area contributed by atoms with Gasteiger partial charge in [0.05, 0.1) is 5.69 Å². The Balaban J connectivity index is 2.56. The number of halogens is 1. The van der Waals surface area contributed by atoms with Gasteiger partial charge in [0, 0.05) is 16.6 Å². The van der Waals surface area contributed by atoms with Gasteiger partial charge in [-0.15, -0.1) is 11.3 Å². The number of nitrogen functional groups attached to an aromatic ring is 1. The molecule has 1 aromatic heterocycles. The van der Waals surface area contributed by atoms with Gasteiger partial charge in [-0.1, -0.05) is 0 Å². The zero-order valence-electron chi connectivity index (χ0n) is 8.71. The molecule has 0 aliphatic heterocycles. The first-order valence-corrected chi connectivity index (χ1v) is 5.71. The van der Waals surface area contributed by atoms with Gasteiger partial charge >= 0.3 is 0 Å². The molecule has 0 atom stereocenters. The normalized spacial score (nSPS) is 10.6. The van der Waals surface area contributed by atoms with Crippen LogP contribution in [0.3, 0.4) is 0 Å². The number of anilines is 1.